The fraction of sp³-hybridized carbons (Fsp3) is 0.364. The van der Waals surface area contributed by atoms with Gasteiger partial charge >= 0.3 is 0 Å². The van der Waals surface area contributed by atoms with Crippen molar-refractivity contribution in [3.05, 3.63) is 29.8 Å². The lowest BCUT2D eigenvalue weighted by atomic mass is 10.2. The molecule has 0 aromatic heterocycles. The number of amides is 1. The van der Waals surface area contributed by atoms with E-state index in [2.05, 4.69) is 0 Å². The van der Waals surface area contributed by atoms with Crippen LogP contribution < -0.4 is 4.90 Å². The standard InChI is InChI=1S/C11H11F2NO/c1-14(11(15)7-2-3-7)10-6-8(12)4-5-9(10)13/h4-7H,2-3H2,1H3. The van der Waals surface area contributed by atoms with Gasteiger partial charge in [-0.2, -0.15) is 0 Å². The Hall–Kier alpha value is -1.45. The van der Waals surface area contributed by atoms with Gasteiger partial charge in [0.2, 0.25) is 5.91 Å². The van der Waals surface area contributed by atoms with E-state index in [0.717, 1.165) is 31.0 Å². The topological polar surface area (TPSA) is 20.3 Å². The van der Waals surface area contributed by atoms with Crippen molar-refractivity contribution >= 4 is 11.6 Å². The van der Waals surface area contributed by atoms with Crippen molar-refractivity contribution in [1.29, 1.82) is 0 Å². The van der Waals surface area contributed by atoms with Crippen LogP contribution in [0.15, 0.2) is 18.2 Å². The second-order valence-corrected chi connectivity index (χ2v) is 3.77. The van der Waals surface area contributed by atoms with Gasteiger partial charge in [0.1, 0.15) is 11.6 Å². The molecule has 0 radical (unpaired) electrons. The van der Waals surface area contributed by atoms with Gasteiger partial charge in [0, 0.05) is 19.0 Å². The van der Waals surface area contributed by atoms with Gasteiger partial charge in [0.15, 0.2) is 0 Å². The van der Waals surface area contributed by atoms with Crippen LogP contribution in [-0.4, -0.2) is 13.0 Å². The summed E-state index contributed by atoms with van der Waals surface area (Å²) in [6, 6.07) is 3.10. The van der Waals surface area contributed by atoms with Crippen LogP contribution in [0.25, 0.3) is 0 Å². The van der Waals surface area contributed by atoms with Crippen molar-refractivity contribution in [2.75, 3.05) is 11.9 Å². The van der Waals surface area contributed by atoms with Gasteiger partial charge in [0.05, 0.1) is 5.69 Å². The van der Waals surface area contributed by atoms with Gasteiger partial charge in [-0.3, -0.25) is 4.79 Å². The Morgan fingerprint density at radius 3 is 2.67 bits per heavy atom. The predicted octanol–water partition coefficient (Wildman–Crippen LogP) is 2.34. The normalized spacial score (nSPS) is 15.1. The minimum atomic E-state index is -0.576. The lowest BCUT2D eigenvalue weighted by Gasteiger charge is -2.17. The van der Waals surface area contributed by atoms with E-state index in [9.17, 15) is 13.6 Å². The highest BCUT2D eigenvalue weighted by Crippen LogP contribution is 2.32. The Morgan fingerprint density at radius 2 is 2.07 bits per heavy atom. The highest BCUT2D eigenvalue weighted by Gasteiger charge is 2.33. The molecule has 0 unspecified atom stereocenters. The zero-order valence-corrected chi connectivity index (χ0v) is 8.34. The lowest BCUT2D eigenvalue weighted by Crippen LogP contribution is -2.28. The minimum absolute atomic E-state index is 0.00216. The third kappa shape index (κ3) is 1.98. The van der Waals surface area contributed by atoms with Crippen molar-refractivity contribution in [2.24, 2.45) is 5.92 Å². The quantitative estimate of drug-likeness (QED) is 0.735. The zero-order chi connectivity index (χ0) is 11.0. The first-order valence-electron chi connectivity index (χ1n) is 4.82. The molecular weight excluding hydrogens is 200 g/mol. The van der Waals surface area contributed by atoms with Crippen molar-refractivity contribution < 1.29 is 13.6 Å². The SMILES string of the molecule is CN(C(=O)C1CC1)c1cc(F)ccc1F. The summed E-state index contributed by atoms with van der Waals surface area (Å²) in [7, 11) is 1.47. The van der Waals surface area contributed by atoms with Crippen LogP contribution in [-0.2, 0) is 4.79 Å². The zero-order valence-electron chi connectivity index (χ0n) is 8.34. The van der Waals surface area contributed by atoms with E-state index in [1.54, 1.807) is 0 Å². The summed E-state index contributed by atoms with van der Waals surface area (Å²) in [5, 5.41) is 0. The van der Waals surface area contributed by atoms with Crippen molar-refractivity contribution in [1.82, 2.24) is 0 Å². The molecule has 0 atom stereocenters. The molecule has 2 nitrogen and oxygen atoms in total. The Kier molecular flexibility index (Phi) is 2.42. The predicted molar refractivity (Wildman–Crippen MR) is 52.5 cm³/mol. The fourth-order valence-electron chi connectivity index (χ4n) is 1.47. The van der Waals surface area contributed by atoms with E-state index in [-0.39, 0.29) is 17.5 Å². The van der Waals surface area contributed by atoms with E-state index in [4.69, 9.17) is 0 Å². The summed E-state index contributed by atoms with van der Waals surface area (Å²) >= 11 is 0. The summed E-state index contributed by atoms with van der Waals surface area (Å²) < 4.78 is 26.2. The van der Waals surface area contributed by atoms with E-state index in [1.165, 1.54) is 11.9 Å². The second kappa shape index (κ2) is 3.61. The maximum Gasteiger partial charge on any atom is 0.229 e. The Bertz CT molecular complexity index is 402. The number of benzene rings is 1. The van der Waals surface area contributed by atoms with Crippen LogP contribution in [0, 0.1) is 17.6 Å². The summed E-state index contributed by atoms with van der Waals surface area (Å²) in [6.45, 7) is 0. The number of halogens is 2. The van der Waals surface area contributed by atoms with Crippen LogP contribution in [0.1, 0.15) is 12.8 Å². The third-order valence-electron chi connectivity index (χ3n) is 2.53. The maximum absolute atomic E-state index is 13.3. The summed E-state index contributed by atoms with van der Waals surface area (Å²) in [6.07, 6.45) is 1.69. The van der Waals surface area contributed by atoms with Gasteiger partial charge in [0.25, 0.3) is 0 Å². The molecular formula is C11H11F2NO. The second-order valence-electron chi connectivity index (χ2n) is 3.77. The highest BCUT2D eigenvalue weighted by atomic mass is 19.1. The van der Waals surface area contributed by atoms with Gasteiger partial charge in [-0.25, -0.2) is 8.78 Å². The van der Waals surface area contributed by atoms with Crippen molar-refractivity contribution in [2.45, 2.75) is 12.8 Å². The average Bonchev–Trinajstić information content (AvgIpc) is 3.03. The molecule has 1 aromatic carbocycles. The molecule has 1 aliphatic carbocycles. The number of rotatable bonds is 2. The van der Waals surface area contributed by atoms with Crippen LogP contribution in [0.5, 0.6) is 0 Å². The summed E-state index contributed by atoms with van der Waals surface area (Å²) in [5.41, 5.74) is 0.00639. The molecule has 0 N–H and O–H groups in total. The number of hydrogen-bond donors (Lipinski definition) is 0. The smallest absolute Gasteiger partial charge is 0.229 e. The Morgan fingerprint density at radius 1 is 1.40 bits per heavy atom. The third-order valence-corrected chi connectivity index (χ3v) is 2.53. The summed E-state index contributed by atoms with van der Waals surface area (Å²) in [5.74, 6) is -1.26. The molecule has 4 heteroatoms. The van der Waals surface area contributed by atoms with E-state index in [1.807, 2.05) is 0 Å². The Labute approximate surface area is 86.5 Å². The average molecular weight is 211 g/mol. The number of nitrogens with zero attached hydrogens (tertiary/aromatic N) is 1. The molecule has 1 amide bonds. The Balaban J connectivity index is 2.27. The molecule has 0 bridgehead atoms. The molecule has 80 valence electrons. The molecule has 1 aromatic rings. The lowest BCUT2D eigenvalue weighted by molar-refractivity contribution is -0.119. The van der Waals surface area contributed by atoms with Gasteiger partial charge in [-0.15, -0.1) is 0 Å². The highest BCUT2D eigenvalue weighted by molar-refractivity contribution is 5.96. The maximum atomic E-state index is 13.3. The molecule has 15 heavy (non-hydrogen) atoms. The fourth-order valence-corrected chi connectivity index (χ4v) is 1.47. The first kappa shape index (κ1) is 10.1. The monoisotopic (exact) mass is 211 g/mol. The summed E-state index contributed by atoms with van der Waals surface area (Å²) in [4.78, 5) is 12.8. The van der Waals surface area contributed by atoms with Crippen LogP contribution in [0.4, 0.5) is 14.5 Å². The minimum Gasteiger partial charge on any atom is -0.312 e. The van der Waals surface area contributed by atoms with Crippen LogP contribution >= 0.6 is 0 Å². The number of carbonyl (C=O) groups excluding carboxylic acids is 1. The van der Waals surface area contributed by atoms with Crippen LogP contribution in [0.3, 0.4) is 0 Å². The molecule has 0 heterocycles. The van der Waals surface area contributed by atoms with E-state index < -0.39 is 11.6 Å². The van der Waals surface area contributed by atoms with E-state index in [0.29, 0.717) is 0 Å². The molecule has 0 saturated heterocycles. The van der Waals surface area contributed by atoms with Crippen molar-refractivity contribution in [3.63, 3.8) is 0 Å². The number of carbonyl (C=O) groups is 1. The number of anilines is 1. The molecule has 1 fully saturated rings. The number of hydrogen-bond acceptors (Lipinski definition) is 1. The molecule has 1 saturated carbocycles. The van der Waals surface area contributed by atoms with Gasteiger partial charge < -0.3 is 4.90 Å². The van der Waals surface area contributed by atoms with Gasteiger partial charge in [-0.1, -0.05) is 0 Å². The van der Waals surface area contributed by atoms with Crippen LogP contribution in [0.2, 0.25) is 0 Å². The molecule has 2 rings (SSSR count). The first-order valence-corrected chi connectivity index (χ1v) is 4.82. The largest absolute Gasteiger partial charge is 0.312 e. The van der Waals surface area contributed by atoms with Gasteiger partial charge in [-0.05, 0) is 25.0 Å². The molecule has 0 spiro atoms. The first-order chi connectivity index (χ1) is 7.09. The molecule has 1 aliphatic rings. The van der Waals surface area contributed by atoms with Crippen molar-refractivity contribution in [3.8, 4) is 0 Å². The molecule has 0 aliphatic heterocycles. The van der Waals surface area contributed by atoms with E-state index >= 15 is 0 Å².